The van der Waals surface area contributed by atoms with Gasteiger partial charge in [0.25, 0.3) is 0 Å². The third-order valence-corrected chi connectivity index (χ3v) is 9.51. The highest BCUT2D eigenvalue weighted by atomic mass is 16.3. The van der Waals surface area contributed by atoms with Crippen LogP contribution in [0.5, 0.6) is 0 Å². The molecule has 0 saturated carbocycles. The van der Waals surface area contributed by atoms with Gasteiger partial charge in [-0.2, -0.15) is 0 Å². The van der Waals surface area contributed by atoms with Crippen LogP contribution >= 0.6 is 0 Å². The maximum Gasteiger partial charge on any atom is 0.160 e. The highest BCUT2D eigenvalue weighted by Gasteiger charge is 2.17. The van der Waals surface area contributed by atoms with Crippen LogP contribution in [0.3, 0.4) is 0 Å². The van der Waals surface area contributed by atoms with Crippen molar-refractivity contribution in [1.82, 2.24) is 9.97 Å². The molecule has 0 unspecified atom stereocenters. The molecule has 0 fully saturated rings. The summed E-state index contributed by atoms with van der Waals surface area (Å²) in [6.07, 6.45) is 0. The van der Waals surface area contributed by atoms with Crippen molar-refractivity contribution in [1.29, 1.82) is 0 Å². The van der Waals surface area contributed by atoms with Crippen LogP contribution in [0.15, 0.2) is 179 Å². The number of nitrogens with zero attached hydrogens (tertiary/aromatic N) is 2. The van der Waals surface area contributed by atoms with Crippen LogP contribution in [0.1, 0.15) is 0 Å². The molecule has 3 aromatic heterocycles. The van der Waals surface area contributed by atoms with E-state index < -0.39 is 0 Å². The van der Waals surface area contributed by atoms with Crippen molar-refractivity contribution in [2.24, 2.45) is 0 Å². The van der Waals surface area contributed by atoms with Gasteiger partial charge in [0.05, 0.1) is 11.4 Å². The molecule has 234 valence electrons. The lowest BCUT2D eigenvalue weighted by Gasteiger charge is -2.09. The lowest BCUT2D eigenvalue weighted by atomic mass is 9.99. The molecular formula is C46H28N2O2. The summed E-state index contributed by atoms with van der Waals surface area (Å²) in [7, 11) is 0. The molecule has 0 spiro atoms. The normalized spacial score (nSPS) is 11.6. The Hall–Kier alpha value is -6.78. The van der Waals surface area contributed by atoms with E-state index >= 15 is 0 Å². The molecule has 10 rings (SSSR count). The molecule has 0 radical (unpaired) electrons. The fraction of sp³-hybridized carbons (Fsp3) is 0. The fourth-order valence-electron chi connectivity index (χ4n) is 7.01. The average molecular weight is 641 g/mol. The first kappa shape index (κ1) is 28.3. The van der Waals surface area contributed by atoms with Crippen molar-refractivity contribution in [3.05, 3.63) is 170 Å². The van der Waals surface area contributed by atoms with Crippen molar-refractivity contribution >= 4 is 43.9 Å². The van der Waals surface area contributed by atoms with E-state index in [1.807, 2.05) is 42.5 Å². The highest BCUT2D eigenvalue weighted by molar-refractivity contribution is 6.12. The first-order valence-electron chi connectivity index (χ1n) is 16.7. The minimum absolute atomic E-state index is 0.651. The molecule has 0 atom stereocenters. The van der Waals surface area contributed by atoms with E-state index in [-0.39, 0.29) is 0 Å². The summed E-state index contributed by atoms with van der Waals surface area (Å²) in [4.78, 5) is 10.1. The summed E-state index contributed by atoms with van der Waals surface area (Å²) in [5, 5.41) is 4.31. The van der Waals surface area contributed by atoms with Crippen molar-refractivity contribution in [2.75, 3.05) is 0 Å². The Labute approximate surface area is 287 Å². The maximum absolute atomic E-state index is 6.68. The van der Waals surface area contributed by atoms with Crippen LogP contribution in [0.4, 0.5) is 0 Å². The average Bonchev–Trinajstić information content (AvgIpc) is 3.76. The topological polar surface area (TPSA) is 52.1 Å². The van der Waals surface area contributed by atoms with E-state index in [1.54, 1.807) is 0 Å². The monoisotopic (exact) mass is 640 g/mol. The Bertz CT molecular complexity index is 2800. The zero-order valence-corrected chi connectivity index (χ0v) is 26.9. The minimum Gasteiger partial charge on any atom is -0.456 e. The summed E-state index contributed by atoms with van der Waals surface area (Å²) < 4.78 is 13.1. The third kappa shape index (κ3) is 4.77. The van der Waals surface area contributed by atoms with Gasteiger partial charge in [-0.15, -0.1) is 0 Å². The molecule has 0 N–H and O–H groups in total. The molecule has 7 aromatic carbocycles. The molecule has 0 bridgehead atoms. The van der Waals surface area contributed by atoms with Gasteiger partial charge in [-0.3, -0.25) is 0 Å². The molecule has 0 amide bonds. The van der Waals surface area contributed by atoms with E-state index in [4.69, 9.17) is 18.8 Å². The van der Waals surface area contributed by atoms with Gasteiger partial charge in [0.15, 0.2) is 5.82 Å². The molecule has 4 heteroatoms. The second-order valence-electron chi connectivity index (χ2n) is 12.6. The van der Waals surface area contributed by atoms with Gasteiger partial charge in [0.2, 0.25) is 0 Å². The zero-order valence-electron chi connectivity index (χ0n) is 26.9. The van der Waals surface area contributed by atoms with Crippen LogP contribution in [0, 0.1) is 0 Å². The predicted octanol–water partition coefficient (Wildman–Crippen LogP) is 12.6. The van der Waals surface area contributed by atoms with Crippen molar-refractivity contribution in [3.8, 4) is 56.2 Å². The number of hydrogen-bond acceptors (Lipinski definition) is 4. The molecule has 0 aliphatic rings. The maximum atomic E-state index is 6.68. The summed E-state index contributed by atoms with van der Waals surface area (Å²) in [6.45, 7) is 0. The molecule has 50 heavy (non-hydrogen) atoms. The van der Waals surface area contributed by atoms with E-state index in [0.717, 1.165) is 83.1 Å². The van der Waals surface area contributed by atoms with E-state index in [0.29, 0.717) is 5.82 Å². The Morgan fingerprint density at radius 2 is 0.900 bits per heavy atom. The van der Waals surface area contributed by atoms with Crippen LogP contribution in [0.25, 0.3) is 100 Å². The summed E-state index contributed by atoms with van der Waals surface area (Å²) in [5.74, 6) is 0.651. The van der Waals surface area contributed by atoms with Gasteiger partial charge >= 0.3 is 0 Å². The Morgan fingerprint density at radius 1 is 0.320 bits per heavy atom. The Balaban J connectivity index is 1.08. The van der Waals surface area contributed by atoms with Gasteiger partial charge < -0.3 is 8.83 Å². The lowest BCUT2D eigenvalue weighted by molar-refractivity contribution is 0.668. The quantitative estimate of drug-likeness (QED) is 0.188. The number of furan rings is 2. The standard InChI is InChI=1S/C46H28N2O2/c1-4-11-29(12-5-1)32-21-24-42-39(25-32)37-22-19-33(26-43(37)49-42)35-17-10-18-38-36-23-20-34(27-44(36)50-45(35)38)46-47-40(30-13-6-2-7-14-30)28-41(48-46)31-15-8-3-9-16-31/h1-28H. The Morgan fingerprint density at radius 3 is 1.60 bits per heavy atom. The second-order valence-corrected chi connectivity index (χ2v) is 12.6. The van der Waals surface area contributed by atoms with Crippen LogP contribution in [0.2, 0.25) is 0 Å². The number of rotatable bonds is 5. The lowest BCUT2D eigenvalue weighted by Crippen LogP contribution is -1.95. The van der Waals surface area contributed by atoms with Crippen molar-refractivity contribution in [2.45, 2.75) is 0 Å². The highest BCUT2D eigenvalue weighted by Crippen LogP contribution is 2.40. The second kappa shape index (κ2) is 11.4. The number of fused-ring (bicyclic) bond motifs is 6. The number of para-hydroxylation sites is 1. The first-order valence-corrected chi connectivity index (χ1v) is 16.7. The van der Waals surface area contributed by atoms with Gasteiger partial charge in [-0.1, -0.05) is 127 Å². The largest absolute Gasteiger partial charge is 0.456 e. The van der Waals surface area contributed by atoms with Crippen molar-refractivity contribution in [3.63, 3.8) is 0 Å². The molecule has 10 aromatic rings. The molecular weight excluding hydrogens is 613 g/mol. The molecule has 0 aliphatic heterocycles. The fourth-order valence-corrected chi connectivity index (χ4v) is 7.01. The summed E-state index contributed by atoms with van der Waals surface area (Å²) in [6, 6.07) is 58.4. The number of benzene rings is 7. The van der Waals surface area contributed by atoms with Gasteiger partial charge in [-0.25, -0.2) is 9.97 Å². The third-order valence-electron chi connectivity index (χ3n) is 9.51. The van der Waals surface area contributed by atoms with Crippen LogP contribution in [-0.4, -0.2) is 9.97 Å². The van der Waals surface area contributed by atoms with E-state index in [9.17, 15) is 0 Å². The van der Waals surface area contributed by atoms with E-state index in [2.05, 4.69) is 127 Å². The first-order chi connectivity index (χ1) is 24.7. The molecule has 0 saturated heterocycles. The van der Waals surface area contributed by atoms with Gasteiger partial charge in [0, 0.05) is 43.8 Å². The molecule has 0 aliphatic carbocycles. The molecule has 4 nitrogen and oxygen atoms in total. The summed E-state index contributed by atoms with van der Waals surface area (Å²) in [5.41, 5.74) is 12.5. The number of hydrogen-bond donors (Lipinski definition) is 0. The smallest absolute Gasteiger partial charge is 0.160 e. The van der Waals surface area contributed by atoms with E-state index in [1.165, 1.54) is 11.1 Å². The SMILES string of the molecule is c1ccc(-c2ccc3oc4cc(-c5cccc6c5oc5cc(-c7nc(-c8ccccc8)cc(-c8ccccc8)n7)ccc56)ccc4c3c2)cc1. The van der Waals surface area contributed by atoms with Crippen LogP contribution < -0.4 is 0 Å². The summed E-state index contributed by atoms with van der Waals surface area (Å²) >= 11 is 0. The predicted molar refractivity (Wildman–Crippen MR) is 204 cm³/mol. The zero-order chi connectivity index (χ0) is 33.0. The minimum atomic E-state index is 0.651. The Kier molecular flexibility index (Phi) is 6.46. The van der Waals surface area contributed by atoms with Gasteiger partial charge in [0.1, 0.15) is 22.3 Å². The van der Waals surface area contributed by atoms with Crippen LogP contribution in [-0.2, 0) is 0 Å². The number of aromatic nitrogens is 2. The molecule has 3 heterocycles. The van der Waals surface area contributed by atoms with Crippen molar-refractivity contribution < 1.29 is 8.83 Å². The van der Waals surface area contributed by atoms with Gasteiger partial charge in [-0.05, 0) is 59.2 Å².